The van der Waals surface area contributed by atoms with Gasteiger partial charge in [0.2, 0.25) is 5.91 Å². The molecule has 0 radical (unpaired) electrons. The monoisotopic (exact) mass is 363 g/mol. The van der Waals surface area contributed by atoms with E-state index in [4.69, 9.17) is 5.73 Å². The molecule has 0 fully saturated rings. The predicted octanol–water partition coefficient (Wildman–Crippen LogP) is 1.41. The largest absolute Gasteiger partial charge is 0.364 e. The lowest BCUT2D eigenvalue weighted by molar-refractivity contribution is -0.114. The van der Waals surface area contributed by atoms with Crippen LogP contribution in [0.2, 0.25) is 0 Å². The Bertz CT molecular complexity index is 707. The smallest absolute Gasteiger partial charge is 0.268 e. The Morgan fingerprint density at radius 2 is 2.05 bits per heavy atom. The van der Waals surface area contributed by atoms with Crippen molar-refractivity contribution in [2.24, 2.45) is 5.73 Å². The number of carbonyl (C=O) groups is 2. The van der Waals surface area contributed by atoms with Crippen molar-refractivity contribution < 1.29 is 9.59 Å². The molecule has 1 aromatic heterocycles. The number of aromatic nitrogens is 2. The average Bonchev–Trinajstić information content (AvgIpc) is 2.49. The van der Waals surface area contributed by atoms with E-state index in [1.54, 1.807) is 18.0 Å². The number of carbonyl (C=O) groups excluding carboxylic acids is 2. The maximum absolute atomic E-state index is 12.1. The zero-order valence-corrected chi connectivity index (χ0v) is 13.4. The minimum atomic E-state index is -0.666. The number of hydrogen-bond donors (Lipinski definition) is 2. The highest BCUT2D eigenvalue weighted by Crippen LogP contribution is 2.21. The third-order valence-corrected chi connectivity index (χ3v) is 3.49. The number of nitrogens with one attached hydrogen (secondary N) is 1. The summed E-state index contributed by atoms with van der Waals surface area (Å²) in [5.41, 5.74) is 5.89. The molecule has 7 nitrogen and oxygen atoms in total. The summed E-state index contributed by atoms with van der Waals surface area (Å²) in [4.78, 5) is 32.7. The Labute approximate surface area is 135 Å². The van der Waals surface area contributed by atoms with Crippen LogP contribution in [-0.2, 0) is 4.79 Å². The standard InChI is InChI=1S/C14H14BrN5O2/c1-20(12-7-17-6-11(18-12)14(16)22)8-13(21)19-10-5-3-2-4-9(10)15/h2-7H,8H2,1H3,(H2,16,22)(H,19,21). The molecule has 0 atom stereocenters. The van der Waals surface area contributed by atoms with Gasteiger partial charge in [0.25, 0.3) is 5.91 Å². The molecule has 0 unspecified atom stereocenters. The van der Waals surface area contributed by atoms with Gasteiger partial charge in [0.1, 0.15) is 11.5 Å². The number of nitrogens with zero attached hydrogens (tertiary/aromatic N) is 3. The van der Waals surface area contributed by atoms with Crippen molar-refractivity contribution >= 4 is 39.2 Å². The summed E-state index contributed by atoms with van der Waals surface area (Å²) in [5.74, 6) is -0.500. The van der Waals surface area contributed by atoms with Crippen LogP contribution in [0.15, 0.2) is 41.1 Å². The highest BCUT2D eigenvalue weighted by molar-refractivity contribution is 9.10. The third kappa shape index (κ3) is 4.01. The summed E-state index contributed by atoms with van der Waals surface area (Å²) in [7, 11) is 1.68. The molecule has 0 saturated heterocycles. The van der Waals surface area contributed by atoms with Gasteiger partial charge >= 0.3 is 0 Å². The lowest BCUT2D eigenvalue weighted by Crippen LogP contribution is -2.31. The van der Waals surface area contributed by atoms with E-state index in [2.05, 4.69) is 31.2 Å². The van der Waals surface area contributed by atoms with Gasteiger partial charge in [0.05, 0.1) is 24.6 Å². The van der Waals surface area contributed by atoms with E-state index in [1.807, 2.05) is 18.2 Å². The van der Waals surface area contributed by atoms with E-state index in [-0.39, 0.29) is 18.1 Å². The fraction of sp³-hybridized carbons (Fsp3) is 0.143. The number of likely N-dealkylation sites (N-methyl/N-ethyl adjacent to an activating group) is 1. The number of rotatable bonds is 5. The van der Waals surface area contributed by atoms with Crippen LogP contribution in [-0.4, -0.2) is 35.4 Å². The molecule has 3 N–H and O–H groups in total. The van der Waals surface area contributed by atoms with Gasteiger partial charge in [-0.1, -0.05) is 12.1 Å². The average molecular weight is 364 g/mol. The van der Waals surface area contributed by atoms with Crippen molar-refractivity contribution in [2.45, 2.75) is 0 Å². The molecule has 0 spiro atoms. The number of nitrogens with two attached hydrogens (primary N) is 1. The minimum absolute atomic E-state index is 0.0514. The van der Waals surface area contributed by atoms with Crippen molar-refractivity contribution in [2.75, 3.05) is 23.8 Å². The molecule has 22 heavy (non-hydrogen) atoms. The molecule has 0 bridgehead atoms. The number of benzene rings is 1. The maximum Gasteiger partial charge on any atom is 0.268 e. The predicted molar refractivity (Wildman–Crippen MR) is 86.6 cm³/mol. The summed E-state index contributed by atoms with van der Waals surface area (Å²) >= 11 is 3.36. The van der Waals surface area contributed by atoms with E-state index in [0.717, 1.165) is 4.47 Å². The quantitative estimate of drug-likeness (QED) is 0.836. The molecule has 2 aromatic rings. The van der Waals surface area contributed by atoms with Gasteiger partial charge in [-0.2, -0.15) is 0 Å². The number of anilines is 2. The lowest BCUT2D eigenvalue weighted by Gasteiger charge is -2.17. The Kier molecular flexibility index (Phi) is 5.05. The second-order valence-electron chi connectivity index (χ2n) is 4.51. The normalized spacial score (nSPS) is 10.1. The fourth-order valence-electron chi connectivity index (χ4n) is 1.71. The van der Waals surface area contributed by atoms with Crippen LogP contribution in [0, 0.1) is 0 Å². The summed E-state index contributed by atoms with van der Waals surface area (Å²) in [6.07, 6.45) is 2.74. The molecule has 2 rings (SSSR count). The van der Waals surface area contributed by atoms with Crippen LogP contribution in [0.4, 0.5) is 11.5 Å². The zero-order valence-electron chi connectivity index (χ0n) is 11.8. The molecule has 2 amide bonds. The van der Waals surface area contributed by atoms with Crippen molar-refractivity contribution in [3.05, 3.63) is 46.8 Å². The second-order valence-corrected chi connectivity index (χ2v) is 5.37. The van der Waals surface area contributed by atoms with Crippen LogP contribution in [0.25, 0.3) is 0 Å². The number of hydrogen-bond acceptors (Lipinski definition) is 5. The summed E-state index contributed by atoms with van der Waals surface area (Å²) in [5, 5.41) is 2.78. The van der Waals surface area contributed by atoms with Crippen LogP contribution in [0.1, 0.15) is 10.5 Å². The molecule has 8 heteroatoms. The first-order valence-electron chi connectivity index (χ1n) is 6.34. The second kappa shape index (κ2) is 6.99. The number of para-hydroxylation sites is 1. The first-order chi connectivity index (χ1) is 10.5. The molecule has 114 valence electrons. The molecule has 0 aliphatic heterocycles. The van der Waals surface area contributed by atoms with E-state index in [1.165, 1.54) is 12.4 Å². The lowest BCUT2D eigenvalue weighted by atomic mass is 10.3. The fourth-order valence-corrected chi connectivity index (χ4v) is 2.09. The van der Waals surface area contributed by atoms with Crippen LogP contribution in [0.3, 0.4) is 0 Å². The number of amides is 2. The van der Waals surface area contributed by atoms with E-state index in [0.29, 0.717) is 11.5 Å². The molecule has 0 aliphatic rings. The minimum Gasteiger partial charge on any atom is -0.364 e. The molecular weight excluding hydrogens is 350 g/mol. The van der Waals surface area contributed by atoms with Gasteiger partial charge in [-0.25, -0.2) is 4.98 Å². The van der Waals surface area contributed by atoms with Crippen LogP contribution < -0.4 is 16.0 Å². The molecule has 0 saturated carbocycles. The molecule has 0 aliphatic carbocycles. The van der Waals surface area contributed by atoms with Gasteiger partial charge in [0.15, 0.2) is 0 Å². The molecule has 1 aromatic carbocycles. The van der Waals surface area contributed by atoms with Crippen LogP contribution in [0.5, 0.6) is 0 Å². The van der Waals surface area contributed by atoms with Gasteiger partial charge in [-0.05, 0) is 28.1 Å². The SMILES string of the molecule is CN(CC(=O)Nc1ccccc1Br)c1cncc(C(N)=O)n1. The Morgan fingerprint density at radius 3 is 2.73 bits per heavy atom. The molecular formula is C14H14BrN5O2. The van der Waals surface area contributed by atoms with E-state index < -0.39 is 5.91 Å². The summed E-state index contributed by atoms with van der Waals surface area (Å²) in [6, 6.07) is 7.30. The zero-order chi connectivity index (χ0) is 16.1. The Morgan fingerprint density at radius 1 is 1.32 bits per heavy atom. The van der Waals surface area contributed by atoms with Crippen molar-refractivity contribution in [1.82, 2.24) is 9.97 Å². The van der Waals surface area contributed by atoms with Gasteiger partial charge < -0.3 is 16.0 Å². The van der Waals surface area contributed by atoms with Gasteiger partial charge in [0, 0.05) is 11.5 Å². The molecule has 1 heterocycles. The van der Waals surface area contributed by atoms with Gasteiger partial charge in [-0.3, -0.25) is 14.6 Å². The first kappa shape index (κ1) is 15.9. The topological polar surface area (TPSA) is 101 Å². The van der Waals surface area contributed by atoms with Crippen molar-refractivity contribution in [3.63, 3.8) is 0 Å². The Hall–Kier alpha value is -2.48. The third-order valence-electron chi connectivity index (χ3n) is 2.79. The van der Waals surface area contributed by atoms with Crippen LogP contribution >= 0.6 is 15.9 Å². The highest BCUT2D eigenvalue weighted by Gasteiger charge is 2.12. The van der Waals surface area contributed by atoms with E-state index >= 15 is 0 Å². The Balaban J connectivity index is 2.04. The van der Waals surface area contributed by atoms with Crippen molar-refractivity contribution in [3.8, 4) is 0 Å². The summed E-state index contributed by atoms with van der Waals surface area (Å²) in [6.45, 7) is 0.0538. The first-order valence-corrected chi connectivity index (χ1v) is 7.14. The number of halogens is 1. The highest BCUT2D eigenvalue weighted by atomic mass is 79.9. The van der Waals surface area contributed by atoms with Gasteiger partial charge in [-0.15, -0.1) is 0 Å². The maximum atomic E-state index is 12.1. The summed E-state index contributed by atoms with van der Waals surface area (Å²) < 4.78 is 0.793. The number of primary amides is 1. The van der Waals surface area contributed by atoms with E-state index in [9.17, 15) is 9.59 Å². The van der Waals surface area contributed by atoms with Crippen molar-refractivity contribution in [1.29, 1.82) is 0 Å².